The zero-order valence-electron chi connectivity index (χ0n) is 13.3. The molecule has 7 heteroatoms. The van der Waals surface area contributed by atoms with Crippen LogP contribution in [0.2, 0.25) is 0 Å². The van der Waals surface area contributed by atoms with Crippen molar-refractivity contribution in [2.75, 3.05) is 27.2 Å². The molecular weight excluding hydrogens is 290 g/mol. The fourth-order valence-electron chi connectivity index (χ4n) is 1.73. The van der Waals surface area contributed by atoms with Crippen LogP contribution in [0.4, 0.5) is 0 Å². The third-order valence-corrected chi connectivity index (χ3v) is 4.24. The topological polar surface area (TPSA) is 74.6 Å². The van der Waals surface area contributed by atoms with E-state index >= 15 is 0 Å². The van der Waals surface area contributed by atoms with Crippen LogP contribution in [0.3, 0.4) is 0 Å². The Bertz CT molecular complexity index is 509. The highest BCUT2D eigenvalue weighted by Gasteiger charge is 2.18. The molecule has 1 rings (SSSR count). The summed E-state index contributed by atoms with van der Waals surface area (Å²) in [6.45, 7) is 5.95. The number of nitrogens with one attached hydrogen (secondary N) is 2. The van der Waals surface area contributed by atoms with Crippen molar-refractivity contribution in [3.63, 3.8) is 0 Å². The quantitative estimate of drug-likeness (QED) is 0.638. The van der Waals surface area contributed by atoms with Crippen LogP contribution in [0.1, 0.15) is 32.4 Å². The number of rotatable bonds is 10. The Hall–Kier alpha value is -0.890. The average molecular weight is 317 g/mol. The number of nitrogens with zero attached hydrogens (tertiary/aromatic N) is 1. The van der Waals surface area contributed by atoms with Crippen LogP contribution in [0.5, 0.6) is 0 Å². The van der Waals surface area contributed by atoms with Gasteiger partial charge in [-0.3, -0.25) is 0 Å². The number of hydrogen-bond acceptors (Lipinski definition) is 5. The van der Waals surface area contributed by atoms with E-state index in [1.807, 2.05) is 27.9 Å². The first-order valence-corrected chi connectivity index (χ1v) is 8.76. The van der Waals surface area contributed by atoms with Gasteiger partial charge < -0.3 is 14.6 Å². The van der Waals surface area contributed by atoms with Crippen LogP contribution < -0.4 is 10.0 Å². The van der Waals surface area contributed by atoms with E-state index in [4.69, 9.17) is 4.42 Å². The highest BCUT2D eigenvalue weighted by Crippen LogP contribution is 2.13. The molecular formula is C14H27N3O3S. The van der Waals surface area contributed by atoms with Crippen LogP contribution >= 0.6 is 0 Å². The van der Waals surface area contributed by atoms with Gasteiger partial charge in [-0.25, -0.2) is 13.1 Å². The second-order valence-electron chi connectivity index (χ2n) is 5.66. The lowest BCUT2D eigenvalue weighted by Crippen LogP contribution is -2.25. The molecule has 1 aromatic heterocycles. The number of furan rings is 1. The van der Waals surface area contributed by atoms with E-state index in [9.17, 15) is 8.42 Å². The Morgan fingerprint density at radius 3 is 2.57 bits per heavy atom. The minimum absolute atomic E-state index is 0.0179. The molecule has 2 N–H and O–H groups in total. The maximum absolute atomic E-state index is 12.0. The molecule has 0 aliphatic rings. The molecule has 0 unspecified atom stereocenters. The van der Waals surface area contributed by atoms with E-state index in [1.54, 1.807) is 6.07 Å². The summed E-state index contributed by atoms with van der Waals surface area (Å²) >= 11 is 0. The van der Waals surface area contributed by atoms with Gasteiger partial charge in [-0.05, 0) is 45.6 Å². The van der Waals surface area contributed by atoms with Crippen LogP contribution in [0, 0.1) is 0 Å². The van der Waals surface area contributed by atoms with E-state index < -0.39 is 10.0 Å². The Morgan fingerprint density at radius 2 is 1.95 bits per heavy atom. The molecule has 0 bridgehead atoms. The second-order valence-corrected chi connectivity index (χ2v) is 7.36. The summed E-state index contributed by atoms with van der Waals surface area (Å²) in [5, 5.41) is 3.17. The molecule has 6 nitrogen and oxygen atoms in total. The minimum atomic E-state index is -3.54. The van der Waals surface area contributed by atoms with Crippen molar-refractivity contribution in [3.05, 3.63) is 17.9 Å². The zero-order chi connectivity index (χ0) is 15.9. The van der Waals surface area contributed by atoms with Gasteiger partial charge in [0.15, 0.2) is 0 Å². The van der Waals surface area contributed by atoms with Gasteiger partial charge in [0, 0.05) is 12.6 Å². The standard InChI is InChI=1S/C14H27N3O3S/c1-12(2)15-11-13-7-8-14(20-13)21(18,19)16-9-5-6-10-17(3)4/h7-8,12,15-16H,5-6,9-11H2,1-4H3. The van der Waals surface area contributed by atoms with Crippen molar-refractivity contribution in [1.29, 1.82) is 0 Å². The highest BCUT2D eigenvalue weighted by molar-refractivity contribution is 7.89. The monoisotopic (exact) mass is 317 g/mol. The zero-order valence-corrected chi connectivity index (χ0v) is 14.2. The molecule has 0 radical (unpaired) electrons. The van der Waals surface area contributed by atoms with Crippen molar-refractivity contribution in [1.82, 2.24) is 14.9 Å². The molecule has 0 spiro atoms. The molecule has 0 saturated carbocycles. The summed E-state index contributed by atoms with van der Waals surface area (Å²) in [6.07, 6.45) is 1.76. The first-order chi connectivity index (χ1) is 9.81. The van der Waals surface area contributed by atoms with Gasteiger partial charge >= 0.3 is 0 Å². The van der Waals surface area contributed by atoms with Gasteiger partial charge in [-0.2, -0.15) is 0 Å². The minimum Gasteiger partial charge on any atom is -0.447 e. The molecule has 0 saturated heterocycles. The van der Waals surface area contributed by atoms with E-state index in [0.717, 1.165) is 19.4 Å². The summed E-state index contributed by atoms with van der Waals surface area (Å²) in [5.74, 6) is 0.622. The molecule has 0 aromatic carbocycles. The van der Waals surface area contributed by atoms with E-state index in [-0.39, 0.29) is 5.09 Å². The Labute approximate surface area is 127 Å². The van der Waals surface area contributed by atoms with Crippen molar-refractivity contribution in [2.24, 2.45) is 0 Å². The Kier molecular flexibility index (Phi) is 7.37. The fraction of sp³-hybridized carbons (Fsp3) is 0.714. The smallest absolute Gasteiger partial charge is 0.273 e. The molecule has 0 fully saturated rings. The van der Waals surface area contributed by atoms with Crippen LogP contribution in [-0.4, -0.2) is 46.5 Å². The van der Waals surface area contributed by atoms with Crippen LogP contribution in [-0.2, 0) is 16.6 Å². The molecule has 0 aliphatic heterocycles. The highest BCUT2D eigenvalue weighted by atomic mass is 32.2. The Morgan fingerprint density at radius 1 is 1.24 bits per heavy atom. The molecule has 122 valence electrons. The maximum Gasteiger partial charge on any atom is 0.273 e. The third kappa shape index (κ3) is 7.08. The summed E-state index contributed by atoms with van der Waals surface area (Å²) in [7, 11) is 0.463. The van der Waals surface area contributed by atoms with Crippen molar-refractivity contribution in [2.45, 2.75) is 44.4 Å². The van der Waals surface area contributed by atoms with Gasteiger partial charge in [0.25, 0.3) is 10.0 Å². The molecule has 0 amide bonds. The second kappa shape index (κ2) is 8.53. The summed E-state index contributed by atoms with van der Waals surface area (Å²) in [5.41, 5.74) is 0. The van der Waals surface area contributed by atoms with Crippen molar-refractivity contribution >= 4 is 10.0 Å². The summed E-state index contributed by atoms with van der Waals surface area (Å²) < 4.78 is 32.0. The first kappa shape index (κ1) is 18.2. The van der Waals surface area contributed by atoms with Crippen molar-refractivity contribution < 1.29 is 12.8 Å². The van der Waals surface area contributed by atoms with Gasteiger partial charge in [-0.1, -0.05) is 13.8 Å². The molecule has 0 aliphatic carbocycles. The Balaban J connectivity index is 2.43. The third-order valence-electron chi connectivity index (χ3n) is 2.91. The summed E-state index contributed by atoms with van der Waals surface area (Å²) in [6, 6.07) is 3.51. The maximum atomic E-state index is 12.0. The lowest BCUT2D eigenvalue weighted by molar-refractivity contribution is 0.388. The normalized spacial score (nSPS) is 12.5. The largest absolute Gasteiger partial charge is 0.447 e. The first-order valence-electron chi connectivity index (χ1n) is 7.28. The van der Waals surface area contributed by atoms with Crippen LogP contribution in [0.25, 0.3) is 0 Å². The van der Waals surface area contributed by atoms with E-state index in [1.165, 1.54) is 6.07 Å². The number of sulfonamides is 1. The van der Waals surface area contributed by atoms with Gasteiger partial charge in [0.05, 0.1) is 6.54 Å². The molecule has 1 aromatic rings. The van der Waals surface area contributed by atoms with Gasteiger partial charge in [0.1, 0.15) is 5.76 Å². The fourth-order valence-corrected chi connectivity index (χ4v) is 2.75. The van der Waals surface area contributed by atoms with Crippen molar-refractivity contribution in [3.8, 4) is 0 Å². The van der Waals surface area contributed by atoms with E-state index in [0.29, 0.717) is 24.9 Å². The predicted molar refractivity (Wildman–Crippen MR) is 83.7 cm³/mol. The van der Waals surface area contributed by atoms with Gasteiger partial charge in [-0.15, -0.1) is 0 Å². The molecule has 21 heavy (non-hydrogen) atoms. The summed E-state index contributed by atoms with van der Waals surface area (Å²) in [4.78, 5) is 2.08. The lowest BCUT2D eigenvalue weighted by atomic mass is 10.3. The van der Waals surface area contributed by atoms with Gasteiger partial charge in [0.2, 0.25) is 5.09 Å². The average Bonchev–Trinajstić information content (AvgIpc) is 2.85. The molecule has 1 heterocycles. The number of unbranched alkanes of at least 4 members (excludes halogenated alkanes) is 1. The number of hydrogen-bond donors (Lipinski definition) is 2. The van der Waals surface area contributed by atoms with Crippen LogP contribution in [0.15, 0.2) is 21.6 Å². The predicted octanol–water partition coefficient (Wildman–Crippen LogP) is 1.40. The molecule has 0 atom stereocenters. The van der Waals surface area contributed by atoms with E-state index in [2.05, 4.69) is 14.9 Å². The lowest BCUT2D eigenvalue weighted by Gasteiger charge is -2.09. The SMILES string of the molecule is CC(C)NCc1ccc(S(=O)(=O)NCCCCN(C)C)o1.